The molecule has 0 aliphatic carbocycles. The van der Waals surface area contributed by atoms with Crippen LogP contribution < -0.4 is 0 Å². The fraction of sp³-hybridized carbons (Fsp3) is 0.167. The molecule has 0 aliphatic heterocycles. The van der Waals surface area contributed by atoms with Gasteiger partial charge in [-0.2, -0.15) is 0 Å². The van der Waals surface area contributed by atoms with Crippen LogP contribution >= 0.6 is 27.7 Å². The first-order valence-corrected chi connectivity index (χ1v) is 7.11. The number of hydrogen-bond acceptors (Lipinski definition) is 3. The molecule has 2 rings (SSSR count). The maximum atomic E-state index is 13.3. The highest BCUT2D eigenvalue weighted by Crippen LogP contribution is 2.27. The van der Waals surface area contributed by atoms with Gasteiger partial charge < -0.3 is 5.11 Å². The Morgan fingerprint density at radius 2 is 2.32 bits per heavy atom. The Bertz CT molecular complexity index is 630. The van der Waals surface area contributed by atoms with Gasteiger partial charge in [0, 0.05) is 10.7 Å². The number of aromatic nitrogens is 2. The van der Waals surface area contributed by atoms with Crippen molar-refractivity contribution in [3.8, 4) is 5.69 Å². The first-order chi connectivity index (χ1) is 8.97. The lowest BCUT2D eigenvalue weighted by Crippen LogP contribution is -2.02. The SMILES string of the molecule is Cc1cn(-c2cc(F)ccc2Br)c(SCC(=O)O)n1. The molecule has 1 heterocycles. The van der Waals surface area contributed by atoms with Crippen LogP contribution in [0.15, 0.2) is 34.0 Å². The molecule has 0 atom stereocenters. The molecule has 0 amide bonds. The highest BCUT2D eigenvalue weighted by Gasteiger charge is 2.13. The molecule has 1 aromatic carbocycles. The summed E-state index contributed by atoms with van der Waals surface area (Å²) >= 11 is 4.44. The highest BCUT2D eigenvalue weighted by molar-refractivity contribution is 9.10. The van der Waals surface area contributed by atoms with Crippen LogP contribution in [0.3, 0.4) is 0 Å². The molecule has 100 valence electrons. The highest BCUT2D eigenvalue weighted by atomic mass is 79.9. The molecule has 0 aliphatic rings. The van der Waals surface area contributed by atoms with E-state index >= 15 is 0 Å². The minimum absolute atomic E-state index is 0.0939. The predicted octanol–water partition coefficient (Wildman–Crippen LogP) is 3.26. The Morgan fingerprint density at radius 1 is 1.58 bits per heavy atom. The first kappa shape index (κ1) is 14.1. The van der Waals surface area contributed by atoms with E-state index in [1.165, 1.54) is 12.1 Å². The second-order valence-electron chi connectivity index (χ2n) is 3.81. The summed E-state index contributed by atoms with van der Waals surface area (Å²) in [4.78, 5) is 14.9. The number of nitrogens with zero attached hydrogens (tertiary/aromatic N) is 2. The zero-order valence-electron chi connectivity index (χ0n) is 9.93. The molecular weight excluding hydrogens is 335 g/mol. The molecule has 0 radical (unpaired) electrons. The summed E-state index contributed by atoms with van der Waals surface area (Å²) in [5.74, 6) is -1.38. The third-order valence-corrected chi connectivity index (χ3v) is 3.89. The van der Waals surface area contributed by atoms with E-state index in [0.29, 0.717) is 15.3 Å². The molecule has 4 nitrogen and oxygen atoms in total. The molecule has 0 bridgehead atoms. The van der Waals surface area contributed by atoms with E-state index in [2.05, 4.69) is 20.9 Å². The number of hydrogen-bond donors (Lipinski definition) is 1. The fourth-order valence-electron chi connectivity index (χ4n) is 1.55. The van der Waals surface area contributed by atoms with Crippen LogP contribution in [0.1, 0.15) is 5.69 Å². The summed E-state index contributed by atoms with van der Waals surface area (Å²) in [6.07, 6.45) is 1.74. The molecule has 1 aromatic heterocycles. The number of rotatable bonds is 4. The van der Waals surface area contributed by atoms with Gasteiger partial charge >= 0.3 is 5.97 Å². The Kier molecular flexibility index (Phi) is 4.26. The smallest absolute Gasteiger partial charge is 0.313 e. The zero-order chi connectivity index (χ0) is 14.0. The number of halogens is 2. The van der Waals surface area contributed by atoms with Gasteiger partial charge in [-0.3, -0.25) is 9.36 Å². The van der Waals surface area contributed by atoms with Crippen molar-refractivity contribution in [2.45, 2.75) is 12.1 Å². The van der Waals surface area contributed by atoms with Crippen molar-refractivity contribution in [3.63, 3.8) is 0 Å². The fourth-order valence-corrected chi connectivity index (χ4v) is 2.74. The van der Waals surface area contributed by atoms with E-state index in [0.717, 1.165) is 17.5 Å². The number of carboxylic acids is 1. The molecule has 0 unspecified atom stereocenters. The maximum absolute atomic E-state index is 13.3. The predicted molar refractivity (Wildman–Crippen MR) is 74.3 cm³/mol. The number of thioether (sulfide) groups is 1. The molecule has 19 heavy (non-hydrogen) atoms. The lowest BCUT2D eigenvalue weighted by atomic mass is 10.3. The second kappa shape index (κ2) is 5.75. The summed E-state index contributed by atoms with van der Waals surface area (Å²) in [6.45, 7) is 1.80. The van der Waals surface area contributed by atoms with Gasteiger partial charge in [-0.1, -0.05) is 11.8 Å². The Balaban J connectivity index is 2.43. The molecule has 0 saturated carbocycles. The lowest BCUT2D eigenvalue weighted by molar-refractivity contribution is -0.133. The number of carbonyl (C=O) groups is 1. The normalized spacial score (nSPS) is 10.7. The molecular formula is C12H10BrFN2O2S. The number of carboxylic acid groups (broad SMARTS) is 1. The van der Waals surface area contributed by atoms with E-state index in [4.69, 9.17) is 5.11 Å². The average molecular weight is 345 g/mol. The van der Waals surface area contributed by atoms with Gasteiger partial charge in [0.2, 0.25) is 0 Å². The minimum Gasteiger partial charge on any atom is -0.481 e. The average Bonchev–Trinajstić information content (AvgIpc) is 2.71. The second-order valence-corrected chi connectivity index (χ2v) is 5.61. The molecule has 0 saturated heterocycles. The first-order valence-electron chi connectivity index (χ1n) is 5.33. The number of imidazole rings is 1. The van der Waals surface area contributed by atoms with E-state index in [9.17, 15) is 9.18 Å². The maximum Gasteiger partial charge on any atom is 0.313 e. The zero-order valence-corrected chi connectivity index (χ0v) is 12.3. The van der Waals surface area contributed by atoms with Crippen LogP contribution in [0, 0.1) is 12.7 Å². The van der Waals surface area contributed by atoms with Gasteiger partial charge in [-0.05, 0) is 41.1 Å². The Hall–Kier alpha value is -1.34. The Morgan fingerprint density at radius 3 is 3.00 bits per heavy atom. The topological polar surface area (TPSA) is 55.1 Å². The number of benzene rings is 1. The van der Waals surface area contributed by atoms with Gasteiger partial charge in [-0.25, -0.2) is 9.37 Å². The summed E-state index contributed by atoms with van der Waals surface area (Å²) in [5, 5.41) is 9.23. The molecule has 2 aromatic rings. The van der Waals surface area contributed by atoms with Crippen molar-refractivity contribution in [2.75, 3.05) is 5.75 Å². The van der Waals surface area contributed by atoms with E-state index in [1.807, 2.05) is 0 Å². The lowest BCUT2D eigenvalue weighted by Gasteiger charge is -2.08. The molecule has 0 spiro atoms. The van der Waals surface area contributed by atoms with E-state index < -0.39 is 5.97 Å². The Labute approximate surface area is 121 Å². The van der Waals surface area contributed by atoms with Gasteiger partial charge in [0.05, 0.1) is 17.1 Å². The molecule has 1 N–H and O–H groups in total. The van der Waals surface area contributed by atoms with Crippen LogP contribution in [0.25, 0.3) is 5.69 Å². The van der Waals surface area contributed by atoms with Crippen LogP contribution in [0.2, 0.25) is 0 Å². The third kappa shape index (κ3) is 3.36. The largest absolute Gasteiger partial charge is 0.481 e. The minimum atomic E-state index is -0.921. The van der Waals surface area contributed by atoms with Crippen molar-refractivity contribution < 1.29 is 14.3 Å². The number of aliphatic carboxylic acids is 1. The van der Waals surface area contributed by atoms with Crippen molar-refractivity contribution in [1.82, 2.24) is 9.55 Å². The van der Waals surface area contributed by atoms with Crippen LogP contribution in [-0.2, 0) is 4.79 Å². The number of aryl methyl sites for hydroxylation is 1. The van der Waals surface area contributed by atoms with Crippen molar-refractivity contribution >= 4 is 33.7 Å². The van der Waals surface area contributed by atoms with Crippen LogP contribution in [-0.4, -0.2) is 26.4 Å². The van der Waals surface area contributed by atoms with Gasteiger partial charge in [-0.15, -0.1) is 0 Å². The molecule has 7 heteroatoms. The summed E-state index contributed by atoms with van der Waals surface area (Å²) in [6, 6.07) is 4.32. The van der Waals surface area contributed by atoms with Crippen LogP contribution in [0.5, 0.6) is 0 Å². The van der Waals surface area contributed by atoms with Crippen molar-refractivity contribution in [2.24, 2.45) is 0 Å². The van der Waals surface area contributed by atoms with Gasteiger partial charge in [0.1, 0.15) is 5.82 Å². The van der Waals surface area contributed by atoms with E-state index in [1.54, 1.807) is 23.8 Å². The summed E-state index contributed by atoms with van der Waals surface area (Å²) in [5.41, 5.74) is 1.33. The summed E-state index contributed by atoms with van der Waals surface area (Å²) in [7, 11) is 0. The monoisotopic (exact) mass is 344 g/mol. The molecule has 0 fully saturated rings. The van der Waals surface area contributed by atoms with Crippen molar-refractivity contribution in [1.29, 1.82) is 0 Å². The third-order valence-electron chi connectivity index (χ3n) is 2.29. The van der Waals surface area contributed by atoms with E-state index in [-0.39, 0.29) is 11.6 Å². The summed E-state index contributed by atoms with van der Waals surface area (Å²) < 4.78 is 15.7. The van der Waals surface area contributed by atoms with Gasteiger partial charge in [0.25, 0.3) is 0 Å². The van der Waals surface area contributed by atoms with Crippen LogP contribution in [0.4, 0.5) is 4.39 Å². The van der Waals surface area contributed by atoms with Crippen molar-refractivity contribution in [3.05, 3.63) is 40.4 Å². The van der Waals surface area contributed by atoms with Gasteiger partial charge in [0.15, 0.2) is 5.16 Å². The standard InChI is InChI=1S/C12H10BrFN2O2S/c1-7-5-16(12(15-7)19-6-11(17)18)10-4-8(14)2-3-9(10)13/h2-5H,6H2,1H3,(H,17,18). The quantitative estimate of drug-likeness (QED) is 0.865.